The van der Waals surface area contributed by atoms with Gasteiger partial charge in [0.1, 0.15) is 5.92 Å². The number of methoxy groups -OCH3 is 3. The maximum atomic E-state index is 13.2. The molecule has 0 unspecified atom stereocenters. The van der Waals surface area contributed by atoms with Crippen LogP contribution in [0.2, 0.25) is 0 Å². The summed E-state index contributed by atoms with van der Waals surface area (Å²) in [5, 5.41) is 10.1. The Labute approximate surface area is 181 Å². The molecule has 3 rings (SSSR count). The Bertz CT molecular complexity index is 1000. The highest BCUT2D eigenvalue weighted by molar-refractivity contribution is 6.01. The van der Waals surface area contributed by atoms with Gasteiger partial charge in [-0.05, 0) is 49.2 Å². The van der Waals surface area contributed by atoms with E-state index in [0.29, 0.717) is 34.1 Å². The van der Waals surface area contributed by atoms with Crippen LogP contribution in [0.4, 0.5) is 0 Å². The average molecular weight is 429 g/mol. The van der Waals surface area contributed by atoms with Gasteiger partial charge >= 0.3 is 5.97 Å². The van der Waals surface area contributed by atoms with Crippen molar-refractivity contribution in [1.82, 2.24) is 4.90 Å². The zero-order chi connectivity index (χ0) is 22.9. The molecular weight excluding hydrogens is 402 g/mol. The molecule has 2 atom stereocenters. The van der Waals surface area contributed by atoms with E-state index >= 15 is 0 Å². The van der Waals surface area contributed by atoms with E-state index in [9.17, 15) is 14.7 Å². The maximum absolute atomic E-state index is 13.2. The number of nitrogens with zero attached hydrogens (tertiary/aromatic N) is 1. The Balaban J connectivity index is 2.17. The number of aliphatic carboxylic acids is 1. The molecule has 0 saturated heterocycles. The number of carbonyl (C=O) groups is 2. The molecule has 0 fully saturated rings. The average Bonchev–Trinajstić information content (AvgIpc) is 2.74. The lowest BCUT2D eigenvalue weighted by atomic mass is 9.79. The van der Waals surface area contributed by atoms with E-state index in [1.54, 1.807) is 31.3 Å². The molecule has 2 aromatic carbocycles. The lowest BCUT2D eigenvalue weighted by Gasteiger charge is -2.39. The van der Waals surface area contributed by atoms with Crippen LogP contribution in [0.3, 0.4) is 0 Å². The number of likely N-dealkylation sites (N-methyl/N-ethyl adjacent to an activating group) is 1. The maximum Gasteiger partial charge on any atom is 0.313 e. The number of rotatable bonds is 7. The van der Waals surface area contributed by atoms with Crippen LogP contribution in [0, 0.1) is 0 Å². The van der Waals surface area contributed by atoms with Crippen LogP contribution in [0.1, 0.15) is 47.3 Å². The predicted molar refractivity (Wildman–Crippen MR) is 114 cm³/mol. The molecule has 0 aliphatic carbocycles. The second kappa shape index (κ2) is 8.75. The molecule has 1 amide bonds. The summed E-state index contributed by atoms with van der Waals surface area (Å²) in [6.45, 7) is 3.81. The number of fused-ring (bicyclic) bond motifs is 1. The summed E-state index contributed by atoms with van der Waals surface area (Å²) in [7, 11) is 6.04. The molecular formula is C23H27NO7. The van der Waals surface area contributed by atoms with Crippen LogP contribution in [0.15, 0.2) is 30.3 Å². The highest BCUT2D eigenvalue weighted by Gasteiger charge is 2.44. The van der Waals surface area contributed by atoms with Crippen molar-refractivity contribution in [3.05, 3.63) is 47.0 Å². The first kappa shape index (κ1) is 22.3. The van der Waals surface area contributed by atoms with Crippen molar-refractivity contribution in [1.29, 1.82) is 0 Å². The number of carboxylic acid groups (broad SMARTS) is 1. The lowest BCUT2D eigenvalue weighted by molar-refractivity contribution is -0.140. The number of ether oxygens (including phenoxy) is 4. The summed E-state index contributed by atoms with van der Waals surface area (Å²) in [5.41, 5.74) is 1.27. The number of hydrogen-bond donors (Lipinski definition) is 1. The minimum Gasteiger partial charge on any atom is -0.493 e. The molecule has 1 aliphatic rings. The Morgan fingerprint density at radius 2 is 1.55 bits per heavy atom. The quantitative estimate of drug-likeness (QED) is 0.720. The summed E-state index contributed by atoms with van der Waals surface area (Å²) in [4.78, 5) is 27.0. The molecule has 2 aromatic rings. The van der Waals surface area contributed by atoms with E-state index in [2.05, 4.69) is 0 Å². The van der Waals surface area contributed by atoms with Gasteiger partial charge < -0.3 is 29.0 Å². The van der Waals surface area contributed by atoms with Crippen LogP contribution in [0.5, 0.6) is 23.0 Å². The standard InChI is InChI=1S/C23H27NO7/c1-12(2)31-16-8-7-13(9-17(16)28-4)21-20(23(26)27)14-10-18(29-5)19(30-6)11-15(14)22(25)24(21)3/h7-12,20-21H,1-6H3,(H,26,27)/t20-,21-/m0/s1. The first-order valence-electron chi connectivity index (χ1n) is 9.83. The summed E-state index contributed by atoms with van der Waals surface area (Å²) in [6, 6.07) is 7.55. The largest absolute Gasteiger partial charge is 0.493 e. The molecule has 8 heteroatoms. The van der Waals surface area contributed by atoms with Crippen molar-refractivity contribution in [3.63, 3.8) is 0 Å². The van der Waals surface area contributed by atoms with E-state index < -0.39 is 17.9 Å². The third kappa shape index (κ3) is 3.97. The molecule has 0 aromatic heterocycles. The third-order valence-corrected chi connectivity index (χ3v) is 5.33. The SMILES string of the molecule is COc1cc2c(cc1OC)[C@H](C(=O)O)[C@H](c1ccc(OC(C)C)c(OC)c1)N(C)C2=O. The van der Waals surface area contributed by atoms with Gasteiger partial charge in [0.15, 0.2) is 23.0 Å². The summed E-state index contributed by atoms with van der Waals surface area (Å²) >= 11 is 0. The van der Waals surface area contributed by atoms with Crippen LogP contribution >= 0.6 is 0 Å². The van der Waals surface area contributed by atoms with Crippen molar-refractivity contribution in [2.75, 3.05) is 28.4 Å². The minimum atomic E-state index is -1.06. The van der Waals surface area contributed by atoms with E-state index in [0.717, 1.165) is 0 Å². The summed E-state index contributed by atoms with van der Waals surface area (Å²) in [5.74, 6) is -0.637. The lowest BCUT2D eigenvalue weighted by Crippen LogP contribution is -2.42. The fourth-order valence-electron chi connectivity index (χ4n) is 3.95. The fraction of sp³-hybridized carbons (Fsp3) is 0.391. The van der Waals surface area contributed by atoms with Crippen LogP contribution in [-0.4, -0.2) is 56.4 Å². The minimum absolute atomic E-state index is 0.0558. The number of hydrogen-bond acceptors (Lipinski definition) is 6. The molecule has 1 heterocycles. The summed E-state index contributed by atoms with van der Waals surface area (Å²) in [6.07, 6.45) is -0.0558. The number of carboxylic acids is 1. The normalized spacial score (nSPS) is 17.9. The number of amides is 1. The monoisotopic (exact) mass is 429 g/mol. The van der Waals surface area contributed by atoms with E-state index in [1.807, 2.05) is 13.8 Å². The van der Waals surface area contributed by atoms with Gasteiger partial charge in [0, 0.05) is 12.6 Å². The second-order valence-corrected chi connectivity index (χ2v) is 7.55. The van der Waals surface area contributed by atoms with Crippen LogP contribution < -0.4 is 18.9 Å². The van der Waals surface area contributed by atoms with Crippen molar-refractivity contribution < 1.29 is 33.6 Å². The Morgan fingerprint density at radius 1 is 0.968 bits per heavy atom. The van der Waals surface area contributed by atoms with Crippen LogP contribution in [-0.2, 0) is 4.79 Å². The van der Waals surface area contributed by atoms with Gasteiger partial charge in [-0.2, -0.15) is 0 Å². The predicted octanol–water partition coefficient (Wildman–Crippen LogP) is 3.49. The van der Waals surface area contributed by atoms with E-state index in [4.69, 9.17) is 18.9 Å². The van der Waals surface area contributed by atoms with E-state index in [1.165, 1.54) is 32.3 Å². The summed E-state index contributed by atoms with van der Waals surface area (Å²) < 4.78 is 21.9. The van der Waals surface area contributed by atoms with Gasteiger partial charge in [0.2, 0.25) is 0 Å². The smallest absolute Gasteiger partial charge is 0.313 e. The fourth-order valence-corrected chi connectivity index (χ4v) is 3.95. The molecule has 0 radical (unpaired) electrons. The number of carbonyl (C=O) groups excluding carboxylic acids is 1. The molecule has 0 bridgehead atoms. The van der Waals surface area contributed by atoms with Gasteiger partial charge in [0.25, 0.3) is 5.91 Å². The molecule has 0 saturated carbocycles. The first-order valence-corrected chi connectivity index (χ1v) is 9.83. The van der Waals surface area contributed by atoms with E-state index in [-0.39, 0.29) is 17.6 Å². The topological polar surface area (TPSA) is 94.5 Å². The molecule has 1 N–H and O–H groups in total. The van der Waals surface area contributed by atoms with Crippen molar-refractivity contribution in [2.24, 2.45) is 0 Å². The van der Waals surface area contributed by atoms with Gasteiger partial charge in [0.05, 0.1) is 33.5 Å². The van der Waals surface area contributed by atoms with Crippen molar-refractivity contribution in [2.45, 2.75) is 31.9 Å². The molecule has 31 heavy (non-hydrogen) atoms. The Kier molecular flexibility index (Phi) is 6.29. The van der Waals surface area contributed by atoms with Gasteiger partial charge in [-0.25, -0.2) is 0 Å². The second-order valence-electron chi connectivity index (χ2n) is 7.55. The van der Waals surface area contributed by atoms with Crippen molar-refractivity contribution >= 4 is 11.9 Å². The Morgan fingerprint density at radius 3 is 2.10 bits per heavy atom. The zero-order valence-electron chi connectivity index (χ0n) is 18.5. The third-order valence-electron chi connectivity index (χ3n) is 5.33. The Hall–Kier alpha value is -3.42. The highest BCUT2D eigenvalue weighted by atomic mass is 16.5. The molecule has 1 aliphatic heterocycles. The van der Waals surface area contributed by atoms with Gasteiger partial charge in [-0.15, -0.1) is 0 Å². The highest BCUT2D eigenvalue weighted by Crippen LogP contribution is 2.46. The van der Waals surface area contributed by atoms with Crippen LogP contribution in [0.25, 0.3) is 0 Å². The first-order chi connectivity index (χ1) is 14.7. The molecule has 0 spiro atoms. The van der Waals surface area contributed by atoms with Crippen molar-refractivity contribution in [3.8, 4) is 23.0 Å². The molecule has 8 nitrogen and oxygen atoms in total. The number of benzene rings is 2. The molecule has 166 valence electrons. The van der Waals surface area contributed by atoms with Gasteiger partial charge in [-0.1, -0.05) is 6.07 Å². The van der Waals surface area contributed by atoms with Gasteiger partial charge in [-0.3, -0.25) is 9.59 Å². The zero-order valence-corrected chi connectivity index (χ0v) is 18.5.